The summed E-state index contributed by atoms with van der Waals surface area (Å²) in [6, 6.07) is 8.21. The Morgan fingerprint density at radius 3 is 1.12 bits per heavy atom. The number of benzene rings is 2. The summed E-state index contributed by atoms with van der Waals surface area (Å²) in [6.07, 6.45) is -2.02. The summed E-state index contributed by atoms with van der Waals surface area (Å²) in [5, 5.41) is 38.1. The summed E-state index contributed by atoms with van der Waals surface area (Å²) in [4.78, 5) is 210. The third-order valence-electron chi connectivity index (χ3n) is 15.7. The number of imide groups is 2. The van der Waals surface area contributed by atoms with Gasteiger partial charge in [-0.2, -0.15) is 0 Å². The van der Waals surface area contributed by atoms with Crippen LogP contribution in [0.15, 0.2) is 62.0 Å². The first-order valence-corrected chi connectivity index (χ1v) is 41.2. The molecule has 0 aliphatic carbocycles. The normalized spacial score (nSPS) is 13.8. The maximum atomic E-state index is 12.9. The van der Waals surface area contributed by atoms with Gasteiger partial charge < -0.3 is 75.5 Å². The largest absolute Gasteiger partial charge is 0.480 e. The molecular formula is C76H117BrN28O24. The van der Waals surface area contributed by atoms with E-state index in [-0.39, 0.29) is 159 Å². The van der Waals surface area contributed by atoms with Crippen LogP contribution in [0.2, 0.25) is 0 Å². The number of carbonyl (C=O) groups excluding carboxylic acids is 15. The molecule has 4 heterocycles. The van der Waals surface area contributed by atoms with Crippen LogP contribution in [0.5, 0.6) is 0 Å². The number of aliphatic carboxylic acids is 1. The van der Waals surface area contributed by atoms with Crippen LogP contribution in [-0.4, -0.2) is 301 Å². The molecule has 2 fully saturated rings. The molecule has 2 unspecified atom stereocenters. The Morgan fingerprint density at radius 2 is 0.814 bits per heavy atom. The van der Waals surface area contributed by atoms with Crippen molar-refractivity contribution >= 4 is 123 Å². The Bertz CT molecular complexity index is 4410. The van der Waals surface area contributed by atoms with Crippen LogP contribution in [-0.2, 0) is 94.2 Å². The maximum Gasteiger partial charge on any atom is 0.410 e. The van der Waals surface area contributed by atoms with Crippen LogP contribution in [0.3, 0.4) is 0 Å². The highest BCUT2D eigenvalue weighted by atomic mass is 79.9. The minimum absolute atomic E-state index is 0.00300. The molecule has 52 nitrogen and oxygen atoms in total. The van der Waals surface area contributed by atoms with Crippen molar-refractivity contribution in [1.29, 1.82) is 0 Å². The first-order chi connectivity index (χ1) is 60.6. The van der Waals surface area contributed by atoms with Crippen molar-refractivity contribution < 1.29 is 115 Å². The van der Waals surface area contributed by atoms with Gasteiger partial charge in [-0.25, -0.2) is 19.2 Å². The maximum absolute atomic E-state index is 12.9. The molecule has 2 atom stereocenters. The third kappa shape index (κ3) is 49.2. The molecule has 4 aliphatic heterocycles. The van der Waals surface area contributed by atoms with Gasteiger partial charge in [0, 0.05) is 156 Å². The molecule has 2 saturated heterocycles. The van der Waals surface area contributed by atoms with E-state index < -0.39 is 101 Å². The van der Waals surface area contributed by atoms with E-state index in [4.69, 9.17) is 67.9 Å². The number of nitrogens with one attached hydrogen (secondary N) is 5. The van der Waals surface area contributed by atoms with Gasteiger partial charge in [-0.3, -0.25) is 87.8 Å². The van der Waals surface area contributed by atoms with Gasteiger partial charge in [-0.15, -0.1) is 0 Å². The van der Waals surface area contributed by atoms with Crippen molar-refractivity contribution in [3.05, 3.63) is 111 Å². The van der Waals surface area contributed by atoms with Crippen molar-refractivity contribution in [1.82, 2.24) is 45.3 Å². The van der Waals surface area contributed by atoms with Crippen molar-refractivity contribution in [2.24, 2.45) is 37.0 Å². The first-order valence-electron chi connectivity index (χ1n) is 40.0. The van der Waals surface area contributed by atoms with Crippen molar-refractivity contribution in [2.45, 2.75) is 177 Å². The number of hydrogen-bond acceptors (Lipinski definition) is 31. The van der Waals surface area contributed by atoms with Crippen molar-refractivity contribution in [3.8, 4) is 0 Å². The Balaban J connectivity index is 0.00000160. The quantitative estimate of drug-likeness (QED) is 0.00482. The molecule has 0 spiro atoms. The number of nitrogens with two attached hydrogens (primary N) is 2. The molecule has 129 heavy (non-hydrogen) atoms. The van der Waals surface area contributed by atoms with Crippen molar-refractivity contribution in [3.63, 3.8) is 0 Å². The van der Waals surface area contributed by atoms with Crippen molar-refractivity contribution in [2.75, 3.05) is 147 Å². The number of anilines is 2. The number of nitrogens with zero attached hydrogens (tertiary/aromatic N) is 21. The van der Waals surface area contributed by atoms with Crippen LogP contribution >= 0.6 is 15.9 Å². The van der Waals surface area contributed by atoms with E-state index in [1.54, 1.807) is 140 Å². The van der Waals surface area contributed by atoms with E-state index in [2.05, 4.69) is 102 Å². The minimum Gasteiger partial charge on any atom is -0.480 e. The molecule has 0 saturated carbocycles. The lowest BCUT2D eigenvalue weighted by Crippen LogP contribution is -2.52. The number of rotatable bonds is 34. The van der Waals surface area contributed by atoms with Gasteiger partial charge in [-0.1, -0.05) is 53.6 Å². The van der Waals surface area contributed by atoms with Crippen LogP contribution in [0.25, 0.3) is 52.2 Å². The Morgan fingerprint density at radius 1 is 0.481 bits per heavy atom. The van der Waals surface area contributed by atoms with Gasteiger partial charge in [0.2, 0.25) is 35.4 Å². The molecule has 10 N–H and O–H groups in total. The van der Waals surface area contributed by atoms with Gasteiger partial charge in [0.25, 0.3) is 11.8 Å². The number of esters is 3. The molecule has 53 heteroatoms. The van der Waals surface area contributed by atoms with Crippen LogP contribution in [0, 0.1) is 0 Å². The number of fused-ring (bicyclic) bond motifs is 2. The fraction of sp³-hybridized carbons (Fsp3) is 0.632. The zero-order valence-corrected chi connectivity index (χ0v) is 76.6. The summed E-state index contributed by atoms with van der Waals surface area (Å²) in [7, 11) is 0. The Kier molecular flexibility index (Phi) is 54.6. The average molecular weight is 1890 g/mol. The predicted octanol–water partition coefficient (Wildman–Crippen LogP) is 7.88. The molecule has 4 aliphatic rings. The van der Waals surface area contributed by atoms with E-state index in [0.717, 1.165) is 14.7 Å². The topological polar surface area (TPSA) is 733 Å². The van der Waals surface area contributed by atoms with Gasteiger partial charge in [-0.05, 0) is 175 Å². The lowest BCUT2D eigenvalue weighted by molar-refractivity contribution is -0.144. The monoisotopic (exact) mass is 1880 g/mol. The number of hydrogen-bond donors (Lipinski definition) is 8. The number of halogens is 1. The molecule has 0 bridgehead atoms. The van der Waals surface area contributed by atoms with Crippen LogP contribution in [0.1, 0.15) is 161 Å². The number of piperidine rings is 2. The summed E-state index contributed by atoms with van der Waals surface area (Å²) >= 11 is 2.94. The summed E-state index contributed by atoms with van der Waals surface area (Å²) < 4.78 is 34.7. The predicted molar refractivity (Wildman–Crippen MR) is 466 cm³/mol. The molecule has 12 amide bonds. The zero-order valence-electron chi connectivity index (χ0n) is 75.0. The number of alkyl halides is 1. The molecule has 6 rings (SSSR count). The molecule has 0 aromatic heterocycles. The lowest BCUT2D eigenvalue weighted by atomic mass is 10.0. The highest BCUT2D eigenvalue weighted by Gasteiger charge is 2.42. The fourth-order valence-electron chi connectivity index (χ4n) is 10.6. The smallest absolute Gasteiger partial charge is 0.410 e. The third-order valence-corrected chi connectivity index (χ3v) is 16.1. The lowest BCUT2D eigenvalue weighted by Gasteiger charge is -2.29. The van der Waals surface area contributed by atoms with E-state index in [9.17, 15) is 76.7 Å². The Hall–Kier alpha value is -13.5. The van der Waals surface area contributed by atoms with Crippen LogP contribution in [0.4, 0.5) is 30.6 Å². The van der Waals surface area contributed by atoms with Crippen LogP contribution < -0.4 is 38.1 Å². The fourth-order valence-corrected chi connectivity index (χ4v) is 10.7. The van der Waals surface area contributed by atoms with Gasteiger partial charge in [0.1, 0.15) is 66.0 Å². The number of carboxylic acids is 1. The number of carbonyl (C=O) groups is 16. The summed E-state index contributed by atoms with van der Waals surface area (Å²) in [5.41, 5.74) is 50.6. The highest BCUT2D eigenvalue weighted by Crippen LogP contribution is 2.34. The molecule has 2 aromatic rings. The number of carboxylic acid groups (broad SMARTS) is 1. The molecule has 712 valence electrons. The molecular weight excluding hydrogens is 1770 g/mol. The second kappa shape index (κ2) is 61.0. The van der Waals surface area contributed by atoms with Gasteiger partial charge in [0.05, 0.1) is 26.4 Å². The first kappa shape index (κ1) is 115. The van der Waals surface area contributed by atoms with Gasteiger partial charge in [0.15, 0.2) is 0 Å². The SMILES string of the molecule is CC(C)(C)OC(=O)N(CCN)CC(=O)Nc1cccc2c1CN(C1CCC(=O)NC1=O)C2=O.CC(C)(C)OC(=O)N(CCN=[N+]=[N-])CC(=O)Nc1cccc2c1CN(C1CCC(=O)NC1=O)C2=O.CC(C)(C)OC(=O)N(CCN=[N+]=[N-])CC(=O)O.CCOC(=O)CBr.CCOC(=O)CN(CCN=[N+]=[N-])C(=O)OC(C)(C)C.CCOC(=O)CNCCN=[N+]=[N-].[N-]=[N+]=NCCN. The minimum atomic E-state index is -1.16. The number of azide groups is 5. The highest BCUT2D eigenvalue weighted by molar-refractivity contribution is 9.09. The summed E-state index contributed by atoms with van der Waals surface area (Å²) in [5.74, 6) is -5.68. The Labute approximate surface area is 752 Å². The van der Waals surface area contributed by atoms with Gasteiger partial charge >= 0.3 is 48.3 Å². The van der Waals surface area contributed by atoms with E-state index in [1.165, 1.54) is 14.7 Å². The second-order valence-electron chi connectivity index (χ2n) is 30.6. The van der Waals surface area contributed by atoms with E-state index in [1.807, 2.05) is 0 Å². The average Bonchev–Trinajstić information content (AvgIpc) is 1.63. The zero-order chi connectivity index (χ0) is 98.2. The van der Waals surface area contributed by atoms with E-state index >= 15 is 0 Å². The second-order valence-corrected chi connectivity index (χ2v) is 31.2. The summed E-state index contributed by atoms with van der Waals surface area (Å²) in [6.45, 7) is 27.8. The van der Waals surface area contributed by atoms with E-state index in [0.29, 0.717) is 78.4 Å². The molecule has 0 radical (unpaired) electrons. The standard InChI is InChI=1S/C22H27N7O6.C22H29N5O6.C11H20N4O4.C9H16N4O4.C6H12N4O2.C4H7BrO2.C2H6N4/c1-22(2,3)35-21(34)28(10-9-24-27-23)12-18(31)25-15-6-4-5-13-14(15)11-29(20(13)33)16-7-8-17(30)26-19(16)32;1-22(2,3)33-21(32)26(10-9-23)12-18(29)24-15-6-4-5-13-14(15)11-27(20(13)31)16-7-8-17(28)25-19(16)30;1-5-18-9(16)8-15(7-6-13-14-12)10(17)19-11(2,3)4;1-9(2,3)17-8(16)13(6-7(14)15)5-4-11-12-10;1-2-12-6(11)5-8-3-4-9-10-7;1-2-7-4(6)3-5;3-1-2-5-6-4/h4-6,16H,7-12H2,1-3H3,(H,25,31)(H,26,30,32);4-6,16H,7-12,23H2,1-3H3,(H,24,29)(H,25,28,30);5-8H2,1-4H3;4-6H2,1-3H3,(H,14,15);8H,2-5H2,1H3;2-3H2,1H3;1-3H2. The number of amides is 12. The molecule has 2 aromatic carbocycles. The number of ether oxygens (including phenoxy) is 7.